The molecule has 128 valence electrons. The highest BCUT2D eigenvalue weighted by molar-refractivity contribution is 5.76. The zero-order valence-electron chi connectivity index (χ0n) is 14.1. The zero-order valence-corrected chi connectivity index (χ0v) is 14.1. The SMILES string of the molecule is CCOc1cccc(-c2nnc(CCC(=O)NC(C)C)c(=O)[nH]2)c1. The first-order valence-corrected chi connectivity index (χ1v) is 7.98. The van der Waals surface area contributed by atoms with Gasteiger partial charge in [-0.05, 0) is 32.9 Å². The molecule has 0 radical (unpaired) electrons. The Morgan fingerprint density at radius 3 is 2.79 bits per heavy atom. The molecule has 2 rings (SSSR count). The fourth-order valence-corrected chi connectivity index (χ4v) is 2.18. The van der Waals surface area contributed by atoms with Crippen molar-refractivity contribution in [3.8, 4) is 17.1 Å². The third-order valence-corrected chi connectivity index (χ3v) is 3.22. The van der Waals surface area contributed by atoms with E-state index in [4.69, 9.17) is 4.74 Å². The standard InChI is InChI=1S/C17H22N4O3/c1-4-24-13-7-5-6-12(10-13)16-19-17(23)14(20-21-16)8-9-15(22)18-11(2)3/h5-7,10-11H,4,8-9H2,1-3H3,(H,18,22)(H,19,21,23). The summed E-state index contributed by atoms with van der Waals surface area (Å²) in [6.45, 7) is 6.23. The first-order valence-electron chi connectivity index (χ1n) is 7.98. The molecule has 24 heavy (non-hydrogen) atoms. The Kier molecular flexibility index (Phi) is 6.06. The van der Waals surface area contributed by atoms with Crippen LogP contribution < -0.4 is 15.6 Å². The highest BCUT2D eigenvalue weighted by Gasteiger charge is 2.10. The van der Waals surface area contributed by atoms with E-state index in [1.165, 1.54) is 0 Å². The van der Waals surface area contributed by atoms with E-state index in [-0.39, 0.29) is 36.0 Å². The van der Waals surface area contributed by atoms with Crippen LogP contribution in [0.3, 0.4) is 0 Å². The van der Waals surface area contributed by atoms with Crippen molar-refractivity contribution in [3.05, 3.63) is 40.3 Å². The van der Waals surface area contributed by atoms with E-state index >= 15 is 0 Å². The number of benzene rings is 1. The molecule has 1 heterocycles. The number of aromatic nitrogens is 3. The predicted octanol–water partition coefficient (Wildman–Crippen LogP) is 1.69. The van der Waals surface area contributed by atoms with Crippen LogP contribution in [0.5, 0.6) is 5.75 Å². The van der Waals surface area contributed by atoms with Gasteiger partial charge in [-0.25, -0.2) is 0 Å². The summed E-state index contributed by atoms with van der Waals surface area (Å²) < 4.78 is 5.43. The summed E-state index contributed by atoms with van der Waals surface area (Å²) in [6.07, 6.45) is 0.454. The van der Waals surface area contributed by atoms with Crippen molar-refractivity contribution in [2.45, 2.75) is 39.7 Å². The molecule has 0 aliphatic carbocycles. The fourth-order valence-electron chi connectivity index (χ4n) is 2.18. The Morgan fingerprint density at radius 2 is 2.12 bits per heavy atom. The average Bonchev–Trinajstić information content (AvgIpc) is 2.53. The van der Waals surface area contributed by atoms with E-state index in [1.54, 1.807) is 6.07 Å². The highest BCUT2D eigenvalue weighted by Crippen LogP contribution is 2.19. The molecule has 0 aliphatic heterocycles. The van der Waals surface area contributed by atoms with Gasteiger partial charge in [0.2, 0.25) is 5.91 Å². The van der Waals surface area contributed by atoms with Crippen molar-refractivity contribution >= 4 is 5.91 Å². The first-order chi connectivity index (χ1) is 11.5. The van der Waals surface area contributed by atoms with Gasteiger partial charge < -0.3 is 15.0 Å². The summed E-state index contributed by atoms with van der Waals surface area (Å²) in [6, 6.07) is 7.34. The lowest BCUT2D eigenvalue weighted by molar-refractivity contribution is -0.121. The zero-order chi connectivity index (χ0) is 17.5. The van der Waals surface area contributed by atoms with E-state index in [0.29, 0.717) is 18.2 Å². The minimum absolute atomic E-state index is 0.0712. The minimum Gasteiger partial charge on any atom is -0.494 e. The second-order valence-corrected chi connectivity index (χ2v) is 5.63. The molecule has 0 spiro atoms. The molecule has 0 unspecified atom stereocenters. The number of nitrogens with one attached hydrogen (secondary N) is 2. The third-order valence-electron chi connectivity index (χ3n) is 3.22. The molecule has 0 aliphatic rings. The molecule has 0 fully saturated rings. The molecular formula is C17H22N4O3. The first kappa shape index (κ1) is 17.7. The van der Waals surface area contributed by atoms with E-state index in [2.05, 4.69) is 20.5 Å². The lowest BCUT2D eigenvalue weighted by Crippen LogP contribution is -2.31. The van der Waals surface area contributed by atoms with Gasteiger partial charge in [-0.2, -0.15) is 0 Å². The smallest absolute Gasteiger partial charge is 0.273 e. The predicted molar refractivity (Wildman–Crippen MR) is 90.9 cm³/mol. The van der Waals surface area contributed by atoms with Crippen LogP contribution in [0.25, 0.3) is 11.4 Å². The van der Waals surface area contributed by atoms with E-state index < -0.39 is 0 Å². The molecule has 0 saturated heterocycles. The van der Waals surface area contributed by atoms with Gasteiger partial charge in [0.15, 0.2) is 5.82 Å². The molecule has 2 N–H and O–H groups in total. The quantitative estimate of drug-likeness (QED) is 0.805. The van der Waals surface area contributed by atoms with Crippen molar-refractivity contribution in [3.63, 3.8) is 0 Å². The Hall–Kier alpha value is -2.70. The number of hydrogen-bond acceptors (Lipinski definition) is 5. The number of ether oxygens (including phenoxy) is 1. The van der Waals surface area contributed by atoms with E-state index in [0.717, 1.165) is 5.56 Å². The maximum absolute atomic E-state index is 12.1. The topological polar surface area (TPSA) is 97.0 Å². The molecule has 1 aromatic heterocycles. The second kappa shape index (κ2) is 8.24. The second-order valence-electron chi connectivity index (χ2n) is 5.63. The molecule has 0 saturated carbocycles. The lowest BCUT2D eigenvalue weighted by Gasteiger charge is -2.08. The van der Waals surface area contributed by atoms with Crippen LogP contribution >= 0.6 is 0 Å². The monoisotopic (exact) mass is 330 g/mol. The van der Waals surface area contributed by atoms with Crippen molar-refractivity contribution in [2.75, 3.05) is 6.61 Å². The summed E-state index contributed by atoms with van der Waals surface area (Å²) in [5.41, 5.74) is 0.632. The van der Waals surface area contributed by atoms with Crippen molar-refractivity contribution in [1.29, 1.82) is 0 Å². The van der Waals surface area contributed by atoms with Crippen molar-refractivity contribution in [2.24, 2.45) is 0 Å². The van der Waals surface area contributed by atoms with Gasteiger partial charge in [-0.15, -0.1) is 10.2 Å². The molecule has 1 amide bonds. The van der Waals surface area contributed by atoms with Crippen LogP contribution in [0.15, 0.2) is 29.1 Å². The van der Waals surface area contributed by atoms with Crippen molar-refractivity contribution < 1.29 is 9.53 Å². The molecular weight excluding hydrogens is 308 g/mol. The van der Waals surface area contributed by atoms with Gasteiger partial charge in [-0.1, -0.05) is 12.1 Å². The van der Waals surface area contributed by atoms with Crippen molar-refractivity contribution in [1.82, 2.24) is 20.5 Å². The fraction of sp³-hybridized carbons (Fsp3) is 0.412. The summed E-state index contributed by atoms with van der Waals surface area (Å²) in [7, 11) is 0. The average molecular weight is 330 g/mol. The number of rotatable bonds is 7. The van der Waals surface area contributed by atoms with Gasteiger partial charge >= 0.3 is 0 Å². The Balaban J connectivity index is 2.11. The van der Waals surface area contributed by atoms with E-state index in [9.17, 15) is 9.59 Å². The number of amides is 1. The largest absolute Gasteiger partial charge is 0.494 e. The molecule has 7 nitrogen and oxygen atoms in total. The number of aryl methyl sites for hydroxylation is 1. The summed E-state index contributed by atoms with van der Waals surface area (Å²) >= 11 is 0. The number of hydrogen-bond donors (Lipinski definition) is 2. The lowest BCUT2D eigenvalue weighted by atomic mass is 10.2. The van der Waals surface area contributed by atoms with Crippen LogP contribution in [0, 0.1) is 0 Å². The number of H-pyrrole nitrogens is 1. The molecule has 7 heteroatoms. The van der Waals surface area contributed by atoms with Gasteiger partial charge in [0.1, 0.15) is 11.4 Å². The molecule has 0 bridgehead atoms. The summed E-state index contributed by atoms with van der Waals surface area (Å²) in [5, 5.41) is 10.8. The van der Waals surface area contributed by atoms with Crippen LogP contribution in [-0.4, -0.2) is 33.7 Å². The molecule has 2 aromatic rings. The molecule has 1 aromatic carbocycles. The van der Waals surface area contributed by atoms with Gasteiger partial charge in [-0.3, -0.25) is 9.59 Å². The Morgan fingerprint density at radius 1 is 1.33 bits per heavy atom. The Labute approximate surface area is 140 Å². The summed E-state index contributed by atoms with van der Waals surface area (Å²) in [4.78, 5) is 26.5. The van der Waals surface area contributed by atoms with Gasteiger partial charge in [0, 0.05) is 24.4 Å². The normalized spacial score (nSPS) is 10.7. The van der Waals surface area contributed by atoms with Gasteiger partial charge in [0.25, 0.3) is 5.56 Å². The minimum atomic E-state index is -0.334. The van der Waals surface area contributed by atoms with Crippen LogP contribution in [-0.2, 0) is 11.2 Å². The van der Waals surface area contributed by atoms with Gasteiger partial charge in [0.05, 0.1) is 6.61 Å². The highest BCUT2D eigenvalue weighted by atomic mass is 16.5. The number of carbonyl (C=O) groups excluding carboxylic acids is 1. The number of nitrogens with zero attached hydrogens (tertiary/aromatic N) is 2. The maximum atomic E-state index is 12.1. The number of aromatic amines is 1. The summed E-state index contributed by atoms with van der Waals surface area (Å²) in [5.74, 6) is 0.962. The number of carbonyl (C=O) groups is 1. The van der Waals surface area contributed by atoms with Crippen LogP contribution in [0.1, 0.15) is 32.9 Å². The van der Waals surface area contributed by atoms with Crippen LogP contribution in [0.2, 0.25) is 0 Å². The third kappa shape index (κ3) is 4.91. The molecule has 0 atom stereocenters. The van der Waals surface area contributed by atoms with Crippen LogP contribution in [0.4, 0.5) is 0 Å². The van der Waals surface area contributed by atoms with E-state index in [1.807, 2.05) is 39.0 Å². The Bertz CT molecular complexity index is 755. The maximum Gasteiger partial charge on any atom is 0.273 e.